The maximum Gasteiger partial charge on any atom is 0.135 e. The number of rotatable bonds is 9. The zero-order valence-electron chi connectivity index (χ0n) is 37.7. The van der Waals surface area contributed by atoms with Gasteiger partial charge in [-0.25, -0.2) is 0 Å². The van der Waals surface area contributed by atoms with Crippen molar-refractivity contribution in [2.75, 3.05) is 0 Å². The number of hydrogen-bond acceptors (Lipinski definition) is 2. The molecular formula is C67H44O2. The van der Waals surface area contributed by atoms with Gasteiger partial charge in [-0.3, -0.25) is 0 Å². The Morgan fingerprint density at radius 1 is 0.188 bits per heavy atom. The summed E-state index contributed by atoms with van der Waals surface area (Å²) in [6, 6.07) is 94.2. The second-order valence-electron chi connectivity index (χ2n) is 18.0. The summed E-state index contributed by atoms with van der Waals surface area (Å²) >= 11 is 0. The predicted molar refractivity (Wildman–Crippen MR) is 287 cm³/mol. The summed E-state index contributed by atoms with van der Waals surface area (Å²) in [5, 5.41) is 4.57. The second kappa shape index (κ2) is 17.0. The molecule has 11 aromatic carbocycles. The van der Waals surface area contributed by atoms with Crippen LogP contribution in [-0.2, 0) is 0 Å². The van der Waals surface area contributed by atoms with Gasteiger partial charge in [0.2, 0.25) is 0 Å². The van der Waals surface area contributed by atoms with E-state index in [-0.39, 0.29) is 5.92 Å². The summed E-state index contributed by atoms with van der Waals surface area (Å²) in [5.74, 6) is 0.0120. The highest BCUT2D eigenvalue weighted by atomic mass is 16.3. The van der Waals surface area contributed by atoms with Crippen LogP contribution in [0.1, 0.15) is 22.6 Å². The van der Waals surface area contributed by atoms with Gasteiger partial charge >= 0.3 is 0 Å². The first-order chi connectivity index (χ1) is 34.1. The molecule has 0 saturated carbocycles. The smallest absolute Gasteiger partial charge is 0.135 e. The lowest BCUT2D eigenvalue weighted by Gasteiger charge is -2.21. The van der Waals surface area contributed by atoms with Crippen molar-refractivity contribution in [3.63, 3.8) is 0 Å². The van der Waals surface area contributed by atoms with E-state index in [4.69, 9.17) is 8.83 Å². The SMILES string of the molecule is c1ccc(-c2cccc(-c3cccc(C(c4ccc(-c5ccc(-c6ccc7oc8ccccc8c7c6)cc5)cc4)c4ccc(-c5ccc(-c6ccc7oc8ccccc8c7c6)cc5)cc4)c3)c2)cc1. The van der Waals surface area contributed by atoms with E-state index in [9.17, 15) is 0 Å². The molecule has 2 heteroatoms. The number of fused-ring (bicyclic) bond motifs is 6. The van der Waals surface area contributed by atoms with E-state index >= 15 is 0 Å². The van der Waals surface area contributed by atoms with Crippen molar-refractivity contribution in [3.8, 4) is 66.8 Å². The average molecular weight is 881 g/mol. The third kappa shape index (κ3) is 7.59. The van der Waals surface area contributed by atoms with Crippen molar-refractivity contribution in [1.29, 1.82) is 0 Å². The Bertz CT molecular complexity index is 3770. The zero-order chi connectivity index (χ0) is 45.7. The Morgan fingerprint density at radius 3 is 1.00 bits per heavy atom. The van der Waals surface area contributed by atoms with Crippen LogP contribution in [0.2, 0.25) is 0 Å². The first-order valence-corrected chi connectivity index (χ1v) is 23.7. The average Bonchev–Trinajstić information content (AvgIpc) is 4.00. The maximum atomic E-state index is 6.10. The fourth-order valence-electron chi connectivity index (χ4n) is 10.2. The summed E-state index contributed by atoms with van der Waals surface area (Å²) in [6.07, 6.45) is 0. The fraction of sp³-hybridized carbons (Fsp3) is 0.0149. The molecule has 0 unspecified atom stereocenters. The monoisotopic (exact) mass is 880 g/mol. The molecule has 2 nitrogen and oxygen atoms in total. The Balaban J connectivity index is 0.817. The van der Waals surface area contributed by atoms with E-state index in [1.54, 1.807) is 0 Å². The Hall–Kier alpha value is -8.98. The van der Waals surface area contributed by atoms with Crippen molar-refractivity contribution in [3.05, 3.63) is 278 Å². The van der Waals surface area contributed by atoms with Crippen molar-refractivity contribution < 1.29 is 8.83 Å². The van der Waals surface area contributed by atoms with Crippen LogP contribution in [0.5, 0.6) is 0 Å². The molecular weight excluding hydrogens is 837 g/mol. The summed E-state index contributed by atoms with van der Waals surface area (Å²) in [5.41, 5.74) is 21.7. The van der Waals surface area contributed by atoms with E-state index in [0.717, 1.165) is 43.9 Å². The van der Waals surface area contributed by atoms with Crippen LogP contribution in [-0.4, -0.2) is 0 Å². The largest absolute Gasteiger partial charge is 0.456 e. The normalized spacial score (nSPS) is 11.6. The molecule has 0 amide bonds. The fourth-order valence-corrected chi connectivity index (χ4v) is 10.2. The quantitative estimate of drug-likeness (QED) is 0.135. The van der Waals surface area contributed by atoms with Gasteiger partial charge in [-0.05, 0) is 126 Å². The van der Waals surface area contributed by atoms with Gasteiger partial charge < -0.3 is 8.83 Å². The molecule has 13 aromatic rings. The summed E-state index contributed by atoms with van der Waals surface area (Å²) in [4.78, 5) is 0. The second-order valence-corrected chi connectivity index (χ2v) is 18.0. The first kappa shape index (κ1) is 40.3. The van der Waals surface area contributed by atoms with Crippen molar-refractivity contribution >= 4 is 43.9 Å². The molecule has 0 atom stereocenters. The molecule has 0 aliphatic carbocycles. The Morgan fingerprint density at radius 2 is 0.507 bits per heavy atom. The highest BCUT2D eigenvalue weighted by molar-refractivity contribution is 6.07. The minimum absolute atomic E-state index is 0.0120. The van der Waals surface area contributed by atoms with Gasteiger partial charge in [-0.1, -0.05) is 218 Å². The molecule has 13 rings (SSSR count). The topological polar surface area (TPSA) is 26.3 Å². The lowest BCUT2D eigenvalue weighted by molar-refractivity contribution is 0.668. The molecule has 0 aliphatic rings. The van der Waals surface area contributed by atoms with Crippen LogP contribution >= 0.6 is 0 Å². The van der Waals surface area contributed by atoms with Gasteiger partial charge in [-0.15, -0.1) is 0 Å². The zero-order valence-corrected chi connectivity index (χ0v) is 37.7. The third-order valence-electron chi connectivity index (χ3n) is 13.9. The van der Waals surface area contributed by atoms with Gasteiger partial charge in [0.25, 0.3) is 0 Å². The van der Waals surface area contributed by atoms with Crippen molar-refractivity contribution in [1.82, 2.24) is 0 Å². The van der Waals surface area contributed by atoms with Gasteiger partial charge in [-0.2, -0.15) is 0 Å². The number of hydrogen-bond donors (Lipinski definition) is 0. The molecule has 0 bridgehead atoms. The van der Waals surface area contributed by atoms with Gasteiger partial charge in [0.05, 0.1) is 0 Å². The highest BCUT2D eigenvalue weighted by Gasteiger charge is 2.19. The molecule has 2 aromatic heterocycles. The van der Waals surface area contributed by atoms with E-state index in [1.807, 2.05) is 24.3 Å². The standard InChI is InChI=1S/C67H44O2/c1-2-10-44(11-3-1)53-12-8-13-54(40-53)55-14-9-15-58(41-55)67(51-32-28-47(29-33-51)45-20-24-49(25-21-45)56-36-38-65-61(42-56)59-16-4-6-18-63(59)68-65)52-34-30-48(31-35-52)46-22-26-50(27-23-46)57-37-39-66-62(43-57)60-17-5-7-19-64(60)69-66/h1-43,67H. The van der Waals surface area contributed by atoms with E-state index in [2.05, 4.69) is 237 Å². The molecule has 0 aliphatic heterocycles. The maximum absolute atomic E-state index is 6.10. The first-order valence-electron chi connectivity index (χ1n) is 23.7. The van der Waals surface area contributed by atoms with Crippen molar-refractivity contribution in [2.24, 2.45) is 0 Å². The van der Waals surface area contributed by atoms with Gasteiger partial charge in [0.15, 0.2) is 0 Å². The number of benzene rings is 11. The predicted octanol–water partition coefficient (Wildman–Crippen LogP) is 18.7. The van der Waals surface area contributed by atoms with Crippen LogP contribution in [0, 0.1) is 0 Å². The summed E-state index contributed by atoms with van der Waals surface area (Å²) in [7, 11) is 0. The number of furan rings is 2. The van der Waals surface area contributed by atoms with Crippen LogP contribution in [0.15, 0.2) is 270 Å². The molecule has 2 heterocycles. The third-order valence-corrected chi connectivity index (χ3v) is 13.9. The minimum Gasteiger partial charge on any atom is -0.456 e. The Kier molecular flexibility index (Phi) is 9.95. The highest BCUT2D eigenvalue weighted by Crippen LogP contribution is 2.39. The molecule has 0 spiro atoms. The molecule has 69 heavy (non-hydrogen) atoms. The van der Waals surface area contributed by atoms with E-state index in [1.165, 1.54) is 83.5 Å². The minimum atomic E-state index is 0.0120. The van der Waals surface area contributed by atoms with Gasteiger partial charge in [0, 0.05) is 27.5 Å². The molecule has 0 radical (unpaired) electrons. The summed E-state index contributed by atoms with van der Waals surface area (Å²) in [6.45, 7) is 0. The number of para-hydroxylation sites is 2. The Labute approximate surface area is 401 Å². The molecule has 0 fully saturated rings. The van der Waals surface area contributed by atoms with Crippen LogP contribution in [0.3, 0.4) is 0 Å². The van der Waals surface area contributed by atoms with Crippen LogP contribution in [0.4, 0.5) is 0 Å². The summed E-state index contributed by atoms with van der Waals surface area (Å²) < 4.78 is 12.2. The molecule has 0 saturated heterocycles. The molecule has 324 valence electrons. The van der Waals surface area contributed by atoms with E-state index < -0.39 is 0 Å². The lowest BCUT2D eigenvalue weighted by atomic mass is 9.83. The van der Waals surface area contributed by atoms with E-state index in [0.29, 0.717) is 0 Å². The van der Waals surface area contributed by atoms with Gasteiger partial charge in [0.1, 0.15) is 22.3 Å². The van der Waals surface area contributed by atoms with Crippen LogP contribution < -0.4 is 0 Å². The lowest BCUT2D eigenvalue weighted by Crippen LogP contribution is -2.04. The molecule has 0 N–H and O–H groups in total. The van der Waals surface area contributed by atoms with Crippen LogP contribution in [0.25, 0.3) is 111 Å². The van der Waals surface area contributed by atoms with Crippen molar-refractivity contribution in [2.45, 2.75) is 5.92 Å².